The summed E-state index contributed by atoms with van der Waals surface area (Å²) in [6, 6.07) is 6.00. The van der Waals surface area contributed by atoms with Crippen LogP contribution < -0.4 is 5.43 Å². The Kier molecular flexibility index (Phi) is 6.85. The number of carboxylic acids is 1. The van der Waals surface area contributed by atoms with Gasteiger partial charge in [-0.15, -0.1) is 0 Å². The van der Waals surface area contributed by atoms with Crippen molar-refractivity contribution in [3.05, 3.63) is 63.0 Å². The largest absolute Gasteiger partial charge is 0.478 e. The highest BCUT2D eigenvalue weighted by Gasteiger charge is 2.11. The normalized spacial score (nSPS) is 10.7. The fourth-order valence-electron chi connectivity index (χ4n) is 2.05. The molecule has 0 saturated carbocycles. The SMILES string of the molecule is CC(C)n1ccc(=O)c2cc([N+](=O)[O-])ccc21.CCC=CC(=O)O. The highest BCUT2D eigenvalue weighted by Crippen LogP contribution is 2.20. The summed E-state index contributed by atoms with van der Waals surface area (Å²) in [4.78, 5) is 31.5. The quantitative estimate of drug-likeness (QED) is 0.524. The van der Waals surface area contributed by atoms with Gasteiger partial charge in [0.2, 0.25) is 0 Å². The summed E-state index contributed by atoms with van der Waals surface area (Å²) in [5.74, 6) is -0.873. The molecule has 0 aliphatic rings. The summed E-state index contributed by atoms with van der Waals surface area (Å²) < 4.78 is 1.92. The maximum atomic E-state index is 11.7. The summed E-state index contributed by atoms with van der Waals surface area (Å²) in [7, 11) is 0. The molecule has 1 aromatic heterocycles. The number of nitro groups is 1. The average molecular weight is 332 g/mol. The van der Waals surface area contributed by atoms with E-state index in [2.05, 4.69) is 0 Å². The van der Waals surface area contributed by atoms with Gasteiger partial charge in [0.25, 0.3) is 5.69 Å². The van der Waals surface area contributed by atoms with Gasteiger partial charge in [-0.2, -0.15) is 0 Å². The van der Waals surface area contributed by atoms with Gasteiger partial charge in [-0.05, 0) is 26.3 Å². The first-order valence-corrected chi connectivity index (χ1v) is 7.46. The second-order valence-corrected chi connectivity index (χ2v) is 5.29. The van der Waals surface area contributed by atoms with E-state index in [0.29, 0.717) is 5.39 Å². The van der Waals surface area contributed by atoms with Crippen LogP contribution in [0.2, 0.25) is 0 Å². The van der Waals surface area contributed by atoms with Gasteiger partial charge in [-0.25, -0.2) is 4.79 Å². The Hall–Kier alpha value is -2.96. The zero-order valence-electron chi connectivity index (χ0n) is 13.8. The van der Waals surface area contributed by atoms with E-state index < -0.39 is 10.9 Å². The third-order valence-electron chi connectivity index (χ3n) is 3.17. The molecule has 7 nitrogen and oxygen atoms in total. The first kappa shape index (κ1) is 19.1. The van der Waals surface area contributed by atoms with E-state index in [4.69, 9.17) is 5.11 Å². The van der Waals surface area contributed by atoms with Crippen LogP contribution in [0.1, 0.15) is 33.2 Å². The number of nitrogens with zero attached hydrogens (tertiary/aromatic N) is 2. The molecule has 2 aromatic rings. The van der Waals surface area contributed by atoms with Gasteiger partial charge >= 0.3 is 5.97 Å². The molecular formula is C17H20N2O5. The topological polar surface area (TPSA) is 102 Å². The Morgan fingerprint density at radius 3 is 2.50 bits per heavy atom. The van der Waals surface area contributed by atoms with Crippen molar-refractivity contribution in [2.24, 2.45) is 0 Å². The Balaban J connectivity index is 0.000000351. The molecule has 7 heteroatoms. The van der Waals surface area contributed by atoms with Gasteiger partial charge < -0.3 is 9.67 Å². The molecule has 0 fully saturated rings. The van der Waals surface area contributed by atoms with Gasteiger partial charge in [-0.3, -0.25) is 14.9 Å². The zero-order valence-corrected chi connectivity index (χ0v) is 13.8. The van der Waals surface area contributed by atoms with E-state index in [0.717, 1.165) is 18.0 Å². The summed E-state index contributed by atoms with van der Waals surface area (Å²) in [6.45, 7) is 5.87. The fraction of sp³-hybridized carbons (Fsp3) is 0.294. The minimum Gasteiger partial charge on any atom is -0.478 e. The number of benzene rings is 1. The van der Waals surface area contributed by atoms with E-state index in [1.54, 1.807) is 18.3 Å². The van der Waals surface area contributed by atoms with Gasteiger partial charge in [0.15, 0.2) is 5.43 Å². The number of non-ortho nitro benzene ring substituents is 1. The van der Waals surface area contributed by atoms with Gasteiger partial charge in [0.05, 0.1) is 15.8 Å². The fourth-order valence-corrected chi connectivity index (χ4v) is 2.05. The Morgan fingerprint density at radius 1 is 1.38 bits per heavy atom. The van der Waals surface area contributed by atoms with Gasteiger partial charge in [0.1, 0.15) is 0 Å². The number of aliphatic carboxylic acids is 1. The molecule has 0 bridgehead atoms. The monoisotopic (exact) mass is 332 g/mol. The van der Waals surface area contributed by atoms with E-state index >= 15 is 0 Å². The van der Waals surface area contributed by atoms with Crippen LogP contribution in [-0.4, -0.2) is 20.6 Å². The predicted octanol–water partition coefficient (Wildman–Crippen LogP) is 3.53. The molecule has 0 aliphatic carbocycles. The number of carboxylic acid groups (broad SMARTS) is 1. The molecule has 0 saturated heterocycles. The van der Waals surface area contributed by atoms with E-state index in [1.165, 1.54) is 18.2 Å². The lowest BCUT2D eigenvalue weighted by molar-refractivity contribution is -0.384. The van der Waals surface area contributed by atoms with Gasteiger partial charge in [0, 0.05) is 36.5 Å². The maximum absolute atomic E-state index is 11.7. The van der Waals surface area contributed by atoms with Crippen molar-refractivity contribution >= 4 is 22.6 Å². The molecule has 0 aliphatic heterocycles. The van der Waals surface area contributed by atoms with Crippen LogP contribution in [-0.2, 0) is 4.79 Å². The van der Waals surface area contributed by atoms with Crippen LogP contribution in [0.5, 0.6) is 0 Å². The molecule has 0 atom stereocenters. The van der Waals surface area contributed by atoms with E-state index in [1.807, 2.05) is 25.3 Å². The molecule has 1 aromatic carbocycles. The molecule has 0 unspecified atom stereocenters. The third-order valence-corrected chi connectivity index (χ3v) is 3.17. The van der Waals surface area contributed by atoms with Crippen LogP contribution in [0.15, 0.2) is 47.4 Å². The highest BCUT2D eigenvalue weighted by atomic mass is 16.6. The lowest BCUT2D eigenvalue weighted by Crippen LogP contribution is -2.09. The summed E-state index contributed by atoms with van der Waals surface area (Å²) in [5, 5.41) is 19.0. The Labute approximate surface area is 139 Å². The van der Waals surface area contributed by atoms with Crippen LogP contribution in [0.3, 0.4) is 0 Å². The van der Waals surface area contributed by atoms with Crippen molar-refractivity contribution in [1.82, 2.24) is 4.57 Å². The van der Waals surface area contributed by atoms with Crippen molar-refractivity contribution in [2.45, 2.75) is 33.2 Å². The third kappa shape index (κ3) is 5.05. The number of aromatic nitrogens is 1. The first-order valence-electron chi connectivity index (χ1n) is 7.46. The van der Waals surface area contributed by atoms with Crippen LogP contribution in [0, 0.1) is 10.1 Å². The smallest absolute Gasteiger partial charge is 0.327 e. The molecule has 0 radical (unpaired) electrons. The molecular weight excluding hydrogens is 312 g/mol. The predicted molar refractivity (Wildman–Crippen MR) is 92.3 cm³/mol. The van der Waals surface area contributed by atoms with Crippen molar-refractivity contribution in [3.8, 4) is 0 Å². The standard InChI is InChI=1S/C12H12N2O3.C5H8O2/c1-8(2)13-6-5-12(15)10-7-9(14(16)17)3-4-11(10)13;1-2-3-4-5(6)7/h3-8H,1-2H3;3-4H,2H2,1H3,(H,6,7). The van der Waals surface area contributed by atoms with Crippen LogP contribution >= 0.6 is 0 Å². The molecule has 0 amide bonds. The number of hydrogen-bond acceptors (Lipinski definition) is 4. The molecule has 2 rings (SSSR count). The highest BCUT2D eigenvalue weighted by molar-refractivity contribution is 5.81. The molecule has 0 spiro atoms. The van der Waals surface area contributed by atoms with Crippen molar-refractivity contribution in [3.63, 3.8) is 0 Å². The second kappa shape index (κ2) is 8.61. The van der Waals surface area contributed by atoms with E-state index in [9.17, 15) is 19.7 Å². The summed E-state index contributed by atoms with van der Waals surface area (Å²) in [6.07, 6.45) is 5.23. The number of fused-ring (bicyclic) bond motifs is 1. The lowest BCUT2D eigenvalue weighted by Gasteiger charge is -2.13. The molecule has 128 valence electrons. The van der Waals surface area contributed by atoms with Crippen LogP contribution in [0.25, 0.3) is 10.9 Å². The Bertz CT molecular complexity index is 821. The number of rotatable bonds is 4. The zero-order chi connectivity index (χ0) is 18.3. The molecule has 24 heavy (non-hydrogen) atoms. The minimum atomic E-state index is -0.873. The van der Waals surface area contributed by atoms with Crippen molar-refractivity contribution in [2.75, 3.05) is 0 Å². The summed E-state index contributed by atoms with van der Waals surface area (Å²) in [5.41, 5.74) is 0.467. The maximum Gasteiger partial charge on any atom is 0.327 e. The molecule has 1 N–H and O–H groups in total. The number of carbonyl (C=O) groups is 1. The second-order valence-electron chi connectivity index (χ2n) is 5.29. The number of pyridine rings is 1. The number of hydrogen-bond donors (Lipinski definition) is 1. The van der Waals surface area contributed by atoms with E-state index in [-0.39, 0.29) is 17.2 Å². The van der Waals surface area contributed by atoms with Crippen LogP contribution in [0.4, 0.5) is 5.69 Å². The average Bonchev–Trinajstić information content (AvgIpc) is 2.53. The number of allylic oxidation sites excluding steroid dienone is 1. The molecule has 1 heterocycles. The lowest BCUT2D eigenvalue weighted by atomic mass is 10.1. The van der Waals surface area contributed by atoms with Crippen molar-refractivity contribution < 1.29 is 14.8 Å². The van der Waals surface area contributed by atoms with Crippen molar-refractivity contribution in [1.29, 1.82) is 0 Å². The minimum absolute atomic E-state index is 0.0592. The van der Waals surface area contributed by atoms with Gasteiger partial charge in [-0.1, -0.05) is 13.0 Å². The summed E-state index contributed by atoms with van der Waals surface area (Å²) >= 11 is 0. The first-order chi connectivity index (χ1) is 11.3. The Morgan fingerprint density at radius 2 is 2.04 bits per heavy atom. The number of nitro benzene ring substituents is 1.